The third-order valence-electron chi connectivity index (χ3n) is 2.74. The second-order valence-electron chi connectivity index (χ2n) is 3.77. The Hall–Kier alpha value is -1.69. The second-order valence-corrected chi connectivity index (χ2v) is 3.77. The maximum absolute atomic E-state index is 12.0. The highest BCUT2D eigenvalue weighted by molar-refractivity contribution is 5.92. The predicted molar refractivity (Wildman–Crippen MR) is 56.0 cm³/mol. The Morgan fingerprint density at radius 3 is 3.12 bits per heavy atom. The second kappa shape index (κ2) is 4.44. The van der Waals surface area contributed by atoms with Crippen LogP contribution in [0.3, 0.4) is 0 Å². The molecule has 1 amide bonds. The van der Waals surface area contributed by atoms with Gasteiger partial charge in [0.1, 0.15) is 5.69 Å². The van der Waals surface area contributed by atoms with E-state index in [1.165, 1.54) is 6.20 Å². The van der Waals surface area contributed by atoms with E-state index in [4.69, 9.17) is 5.11 Å². The van der Waals surface area contributed by atoms with Crippen molar-refractivity contribution in [1.82, 2.24) is 14.9 Å². The monoisotopic (exact) mass is 223 g/mol. The number of nitrogens with one attached hydrogen (secondary N) is 1. The Morgan fingerprint density at radius 2 is 2.50 bits per heavy atom. The van der Waals surface area contributed by atoms with Gasteiger partial charge in [-0.05, 0) is 12.8 Å². The molecule has 0 saturated carbocycles. The summed E-state index contributed by atoms with van der Waals surface area (Å²) in [6.07, 6.45) is 4.08. The molecule has 2 N–H and O–H groups in total. The Kier molecular flexibility index (Phi) is 3.00. The van der Waals surface area contributed by atoms with Crippen LogP contribution in [0.2, 0.25) is 0 Å². The topological polar surface area (TPSA) is 86.3 Å². The fourth-order valence-electron chi connectivity index (χ4n) is 1.90. The van der Waals surface area contributed by atoms with Crippen LogP contribution in [-0.2, 0) is 0 Å². The zero-order valence-corrected chi connectivity index (χ0v) is 8.72. The van der Waals surface area contributed by atoms with Crippen molar-refractivity contribution in [2.45, 2.75) is 18.9 Å². The van der Waals surface area contributed by atoms with Crippen molar-refractivity contribution < 1.29 is 9.90 Å². The molecule has 0 bridgehead atoms. The Balaban J connectivity index is 2.18. The maximum Gasteiger partial charge on any atom is 0.274 e. The summed E-state index contributed by atoms with van der Waals surface area (Å²) in [5.41, 5.74) is -0.128. The lowest BCUT2D eigenvalue weighted by atomic mass is 10.2. The van der Waals surface area contributed by atoms with Gasteiger partial charge in [-0.25, -0.2) is 4.98 Å². The smallest absolute Gasteiger partial charge is 0.274 e. The molecule has 0 aliphatic carbocycles. The molecule has 0 radical (unpaired) electrons. The van der Waals surface area contributed by atoms with Crippen LogP contribution in [0, 0.1) is 0 Å². The van der Waals surface area contributed by atoms with Crippen molar-refractivity contribution >= 4 is 5.91 Å². The molecule has 1 atom stereocenters. The van der Waals surface area contributed by atoms with Crippen LogP contribution in [0.25, 0.3) is 0 Å². The van der Waals surface area contributed by atoms with Crippen molar-refractivity contribution in [3.8, 4) is 0 Å². The van der Waals surface area contributed by atoms with Gasteiger partial charge in [-0.3, -0.25) is 9.59 Å². The number of likely N-dealkylation sites (tertiary alicyclic amines) is 1. The van der Waals surface area contributed by atoms with E-state index in [1.807, 2.05) is 0 Å². The normalized spacial score (nSPS) is 20.1. The number of aromatic amines is 1. The van der Waals surface area contributed by atoms with Gasteiger partial charge in [0.25, 0.3) is 11.5 Å². The van der Waals surface area contributed by atoms with Gasteiger partial charge in [-0.1, -0.05) is 0 Å². The van der Waals surface area contributed by atoms with Crippen molar-refractivity contribution in [2.24, 2.45) is 0 Å². The zero-order chi connectivity index (χ0) is 11.5. The minimum absolute atomic E-state index is 0.0326. The number of hydrogen-bond donors (Lipinski definition) is 2. The lowest BCUT2D eigenvalue weighted by molar-refractivity contribution is 0.0671. The van der Waals surface area contributed by atoms with Crippen LogP contribution in [0.15, 0.2) is 17.2 Å². The van der Waals surface area contributed by atoms with Crippen LogP contribution < -0.4 is 5.56 Å². The molecule has 6 nitrogen and oxygen atoms in total. The summed E-state index contributed by atoms with van der Waals surface area (Å²) in [5, 5.41) is 9.10. The molecule has 0 aromatic carbocycles. The van der Waals surface area contributed by atoms with Gasteiger partial charge in [0.15, 0.2) is 0 Å². The Bertz CT molecular complexity index is 423. The summed E-state index contributed by atoms with van der Waals surface area (Å²) >= 11 is 0. The fourth-order valence-corrected chi connectivity index (χ4v) is 1.90. The third kappa shape index (κ3) is 1.96. The molecule has 1 aliphatic rings. The molecule has 1 aromatic heterocycles. The number of amides is 1. The van der Waals surface area contributed by atoms with Gasteiger partial charge >= 0.3 is 0 Å². The van der Waals surface area contributed by atoms with Crippen LogP contribution in [-0.4, -0.2) is 45.1 Å². The number of aliphatic hydroxyl groups is 1. The summed E-state index contributed by atoms with van der Waals surface area (Å²) < 4.78 is 0. The first-order valence-corrected chi connectivity index (χ1v) is 5.19. The van der Waals surface area contributed by atoms with Crippen molar-refractivity contribution in [3.63, 3.8) is 0 Å². The van der Waals surface area contributed by atoms with Crippen LogP contribution in [0.5, 0.6) is 0 Å². The first-order chi connectivity index (χ1) is 7.72. The van der Waals surface area contributed by atoms with Crippen LogP contribution in [0.4, 0.5) is 0 Å². The molecule has 0 spiro atoms. The lowest BCUT2D eigenvalue weighted by Crippen LogP contribution is -2.38. The quantitative estimate of drug-likeness (QED) is 0.698. The molecular formula is C10H13N3O3. The number of nitrogens with zero attached hydrogens (tertiary/aromatic N) is 2. The van der Waals surface area contributed by atoms with Gasteiger partial charge in [-0.2, -0.15) is 0 Å². The van der Waals surface area contributed by atoms with Crippen molar-refractivity contribution in [2.75, 3.05) is 13.2 Å². The number of H-pyrrole nitrogens is 1. The number of aromatic nitrogens is 2. The molecule has 1 aromatic rings. The summed E-state index contributed by atoms with van der Waals surface area (Å²) in [5.74, 6) is -0.243. The summed E-state index contributed by atoms with van der Waals surface area (Å²) in [7, 11) is 0. The molecular weight excluding hydrogens is 210 g/mol. The van der Waals surface area contributed by atoms with E-state index in [-0.39, 0.29) is 29.8 Å². The van der Waals surface area contributed by atoms with Gasteiger partial charge in [0, 0.05) is 12.7 Å². The Morgan fingerprint density at radius 1 is 1.69 bits per heavy atom. The average molecular weight is 223 g/mol. The highest BCUT2D eigenvalue weighted by atomic mass is 16.3. The molecule has 2 rings (SSSR count). The van der Waals surface area contributed by atoms with Gasteiger partial charge in [-0.15, -0.1) is 0 Å². The van der Waals surface area contributed by atoms with E-state index in [0.29, 0.717) is 6.54 Å². The number of rotatable bonds is 2. The first kappa shape index (κ1) is 10.8. The van der Waals surface area contributed by atoms with E-state index in [9.17, 15) is 9.59 Å². The van der Waals surface area contributed by atoms with E-state index in [0.717, 1.165) is 19.0 Å². The molecule has 1 fully saturated rings. The lowest BCUT2D eigenvalue weighted by Gasteiger charge is -2.22. The fraction of sp³-hybridized carbons (Fsp3) is 0.500. The highest BCUT2D eigenvalue weighted by Crippen LogP contribution is 2.18. The van der Waals surface area contributed by atoms with Crippen molar-refractivity contribution in [3.05, 3.63) is 28.4 Å². The first-order valence-electron chi connectivity index (χ1n) is 5.19. The highest BCUT2D eigenvalue weighted by Gasteiger charge is 2.29. The molecule has 1 unspecified atom stereocenters. The van der Waals surface area contributed by atoms with Gasteiger partial charge in [0.2, 0.25) is 0 Å². The molecule has 86 valence electrons. The van der Waals surface area contributed by atoms with E-state index >= 15 is 0 Å². The minimum Gasteiger partial charge on any atom is -0.394 e. The van der Waals surface area contributed by atoms with Gasteiger partial charge < -0.3 is 15.0 Å². The third-order valence-corrected chi connectivity index (χ3v) is 2.74. The van der Waals surface area contributed by atoms with Gasteiger partial charge in [0.05, 0.1) is 18.8 Å². The predicted octanol–water partition coefficient (Wildman–Crippen LogP) is -0.633. The number of aliphatic hydroxyl groups excluding tert-OH is 1. The molecule has 1 saturated heterocycles. The summed E-state index contributed by atoms with van der Waals surface area (Å²) in [6, 6.07) is -0.124. The zero-order valence-electron chi connectivity index (χ0n) is 8.72. The van der Waals surface area contributed by atoms with Crippen molar-refractivity contribution in [1.29, 1.82) is 0 Å². The average Bonchev–Trinajstić information content (AvgIpc) is 2.77. The van der Waals surface area contributed by atoms with E-state index < -0.39 is 0 Å². The summed E-state index contributed by atoms with van der Waals surface area (Å²) in [4.78, 5) is 30.5. The number of carbonyl (C=O) groups excluding carboxylic acids is 1. The largest absolute Gasteiger partial charge is 0.394 e. The van der Waals surface area contributed by atoms with Crippen LogP contribution in [0.1, 0.15) is 23.3 Å². The standard InChI is InChI=1S/C10H13N3O3/c14-6-7-2-1-3-13(7)10(16)8-4-12-9(15)5-11-8/h4-5,7,14H,1-3,6H2,(H,12,15). The number of carbonyl (C=O) groups is 1. The molecule has 2 heterocycles. The summed E-state index contributed by atoms with van der Waals surface area (Å²) in [6.45, 7) is 0.597. The Labute approximate surface area is 91.9 Å². The SMILES string of the molecule is O=C(c1c[nH]c(=O)cn1)N1CCCC1CO. The minimum atomic E-state index is -0.336. The molecule has 6 heteroatoms. The molecule has 1 aliphatic heterocycles. The van der Waals surface area contributed by atoms with E-state index in [1.54, 1.807) is 4.90 Å². The van der Waals surface area contributed by atoms with Crippen LogP contribution >= 0.6 is 0 Å². The van der Waals surface area contributed by atoms with E-state index in [2.05, 4.69) is 9.97 Å². The molecule has 16 heavy (non-hydrogen) atoms. The maximum atomic E-state index is 12.0. The number of hydrogen-bond acceptors (Lipinski definition) is 4.